The zero-order valence-corrected chi connectivity index (χ0v) is 13.2. The molecular weight excluding hydrogens is 318 g/mol. The van der Waals surface area contributed by atoms with Crippen LogP contribution in [0.15, 0.2) is 42.5 Å². The van der Waals surface area contributed by atoms with Gasteiger partial charge in [0.05, 0.1) is 4.92 Å². The summed E-state index contributed by atoms with van der Waals surface area (Å²) in [6.45, 7) is 2.19. The summed E-state index contributed by atoms with van der Waals surface area (Å²) in [7, 11) is 0. The van der Waals surface area contributed by atoms with E-state index in [0.717, 1.165) is 5.56 Å². The molecule has 1 atom stereocenters. The third-order valence-corrected chi connectivity index (χ3v) is 3.88. The number of rotatable bonds is 6. The molecule has 1 amide bonds. The van der Waals surface area contributed by atoms with Gasteiger partial charge in [0.1, 0.15) is 0 Å². The van der Waals surface area contributed by atoms with Gasteiger partial charge in [-0.2, -0.15) is 0 Å². The highest BCUT2D eigenvalue weighted by atomic mass is 35.5. The monoisotopic (exact) mass is 333 g/mol. The van der Waals surface area contributed by atoms with Crippen molar-refractivity contribution in [3.8, 4) is 0 Å². The highest BCUT2D eigenvalue weighted by molar-refractivity contribution is 6.31. The molecule has 0 unspecified atom stereocenters. The molecule has 7 heteroatoms. The molecule has 2 rings (SSSR count). The van der Waals surface area contributed by atoms with Gasteiger partial charge >= 0.3 is 0 Å². The molecule has 0 heterocycles. The van der Waals surface area contributed by atoms with Crippen molar-refractivity contribution in [2.45, 2.75) is 19.5 Å². The minimum Gasteiger partial charge on any atom is -0.366 e. The summed E-state index contributed by atoms with van der Waals surface area (Å²) in [6.07, 6.45) is 0. The minimum atomic E-state index is -0.697. The van der Waals surface area contributed by atoms with Gasteiger partial charge in [0.15, 0.2) is 0 Å². The Morgan fingerprint density at radius 1 is 1.35 bits per heavy atom. The van der Waals surface area contributed by atoms with Crippen LogP contribution < -0.4 is 11.1 Å². The van der Waals surface area contributed by atoms with E-state index in [-0.39, 0.29) is 23.8 Å². The summed E-state index contributed by atoms with van der Waals surface area (Å²) in [5.41, 5.74) is 6.51. The van der Waals surface area contributed by atoms with Crippen molar-refractivity contribution < 1.29 is 9.72 Å². The molecule has 0 aliphatic rings. The van der Waals surface area contributed by atoms with E-state index in [2.05, 4.69) is 5.32 Å². The van der Waals surface area contributed by atoms with Crippen LogP contribution in [-0.4, -0.2) is 10.8 Å². The van der Waals surface area contributed by atoms with Crippen LogP contribution in [0.1, 0.15) is 34.5 Å². The Morgan fingerprint density at radius 3 is 2.65 bits per heavy atom. The van der Waals surface area contributed by atoms with E-state index in [1.807, 2.05) is 25.1 Å². The van der Waals surface area contributed by atoms with Gasteiger partial charge in [0, 0.05) is 34.8 Å². The second-order valence-corrected chi connectivity index (χ2v) is 5.50. The number of halogens is 1. The van der Waals surface area contributed by atoms with E-state index in [0.29, 0.717) is 10.6 Å². The summed E-state index contributed by atoms with van der Waals surface area (Å²) in [4.78, 5) is 21.8. The van der Waals surface area contributed by atoms with Crippen molar-refractivity contribution in [2.75, 3.05) is 0 Å². The molecule has 2 aromatic rings. The predicted octanol–water partition coefficient (Wildman–Crippen LogP) is 3.20. The van der Waals surface area contributed by atoms with E-state index in [1.54, 1.807) is 6.07 Å². The number of amides is 1. The highest BCUT2D eigenvalue weighted by Crippen LogP contribution is 2.24. The summed E-state index contributed by atoms with van der Waals surface area (Å²) in [5, 5.41) is 15.0. The van der Waals surface area contributed by atoms with E-state index in [1.165, 1.54) is 18.2 Å². The number of nitrogens with one attached hydrogen (secondary N) is 1. The van der Waals surface area contributed by atoms with Crippen molar-refractivity contribution in [3.05, 3.63) is 74.3 Å². The number of nitro groups is 1. The number of carbonyl (C=O) groups excluding carboxylic acids is 1. The second-order valence-electron chi connectivity index (χ2n) is 5.09. The van der Waals surface area contributed by atoms with Crippen molar-refractivity contribution in [2.24, 2.45) is 5.73 Å². The molecule has 23 heavy (non-hydrogen) atoms. The first-order valence-corrected chi connectivity index (χ1v) is 7.33. The van der Waals surface area contributed by atoms with Crippen LogP contribution >= 0.6 is 11.6 Å². The molecule has 0 saturated carbocycles. The zero-order valence-electron chi connectivity index (χ0n) is 12.5. The molecule has 0 spiro atoms. The standard InChI is InChI=1S/C16H16ClN3O3/c1-10(13-4-2-3-5-14(13)17)19-9-12-7-6-11(16(18)21)8-15(12)20(22)23/h2-8,10,19H,9H2,1H3,(H2,18,21)/t10-/m1/s1. The van der Waals surface area contributed by atoms with Crippen LogP contribution in [-0.2, 0) is 6.54 Å². The second kappa shape index (κ2) is 7.21. The Labute approximate surface area is 138 Å². The number of hydrogen-bond donors (Lipinski definition) is 2. The van der Waals surface area contributed by atoms with Gasteiger partial charge in [0.2, 0.25) is 5.91 Å². The molecule has 0 aromatic heterocycles. The summed E-state index contributed by atoms with van der Waals surface area (Å²) in [5.74, 6) is -0.697. The third-order valence-electron chi connectivity index (χ3n) is 3.54. The first-order valence-electron chi connectivity index (χ1n) is 6.95. The Balaban J connectivity index is 2.18. The fourth-order valence-corrected chi connectivity index (χ4v) is 2.54. The third kappa shape index (κ3) is 4.06. The molecule has 0 fully saturated rings. The molecule has 6 nitrogen and oxygen atoms in total. The lowest BCUT2D eigenvalue weighted by Crippen LogP contribution is -2.19. The molecule has 3 N–H and O–H groups in total. The fourth-order valence-electron chi connectivity index (χ4n) is 2.24. The van der Waals surface area contributed by atoms with Crippen molar-refractivity contribution in [3.63, 3.8) is 0 Å². The number of nitrogens with two attached hydrogens (primary N) is 1. The quantitative estimate of drug-likeness (QED) is 0.626. The van der Waals surface area contributed by atoms with Gasteiger partial charge in [-0.3, -0.25) is 14.9 Å². The van der Waals surface area contributed by atoms with Crippen LogP contribution in [0.25, 0.3) is 0 Å². The lowest BCUT2D eigenvalue weighted by atomic mass is 10.1. The van der Waals surface area contributed by atoms with Crippen LogP contribution in [0.2, 0.25) is 5.02 Å². The Hall–Kier alpha value is -2.44. The van der Waals surface area contributed by atoms with Crippen LogP contribution in [0.4, 0.5) is 5.69 Å². The minimum absolute atomic E-state index is 0.0841. The Kier molecular flexibility index (Phi) is 5.31. The first-order chi connectivity index (χ1) is 10.9. The Morgan fingerprint density at radius 2 is 2.04 bits per heavy atom. The van der Waals surface area contributed by atoms with Crippen LogP contribution in [0, 0.1) is 10.1 Å². The van der Waals surface area contributed by atoms with E-state index in [9.17, 15) is 14.9 Å². The molecule has 0 radical (unpaired) electrons. The maximum Gasteiger partial charge on any atom is 0.274 e. The lowest BCUT2D eigenvalue weighted by Gasteiger charge is -2.16. The normalized spacial score (nSPS) is 11.9. The molecule has 0 aliphatic heterocycles. The molecule has 2 aromatic carbocycles. The number of carbonyl (C=O) groups is 1. The van der Waals surface area contributed by atoms with Gasteiger partial charge in [-0.1, -0.05) is 35.9 Å². The smallest absolute Gasteiger partial charge is 0.274 e. The number of nitrogens with zero attached hydrogens (tertiary/aromatic N) is 1. The maximum absolute atomic E-state index is 11.2. The average molecular weight is 334 g/mol. The van der Waals surface area contributed by atoms with E-state index < -0.39 is 10.8 Å². The van der Waals surface area contributed by atoms with Crippen molar-refractivity contribution in [1.29, 1.82) is 0 Å². The topological polar surface area (TPSA) is 98.3 Å². The van der Waals surface area contributed by atoms with Crippen molar-refractivity contribution in [1.82, 2.24) is 5.32 Å². The maximum atomic E-state index is 11.2. The lowest BCUT2D eigenvalue weighted by molar-refractivity contribution is -0.385. The largest absolute Gasteiger partial charge is 0.366 e. The first kappa shape index (κ1) is 16.9. The van der Waals surface area contributed by atoms with Gasteiger partial charge in [-0.05, 0) is 24.6 Å². The predicted molar refractivity (Wildman–Crippen MR) is 88.3 cm³/mol. The van der Waals surface area contributed by atoms with Gasteiger partial charge in [-0.15, -0.1) is 0 Å². The van der Waals surface area contributed by atoms with E-state index in [4.69, 9.17) is 17.3 Å². The summed E-state index contributed by atoms with van der Waals surface area (Å²) in [6, 6.07) is 11.5. The van der Waals surface area contributed by atoms with Crippen molar-refractivity contribution >= 4 is 23.2 Å². The SMILES string of the molecule is C[C@@H](NCc1ccc(C(N)=O)cc1[N+](=O)[O-])c1ccccc1Cl. The number of primary amides is 1. The molecule has 0 bridgehead atoms. The fraction of sp³-hybridized carbons (Fsp3) is 0.188. The zero-order chi connectivity index (χ0) is 17.0. The number of benzene rings is 2. The summed E-state index contributed by atoms with van der Waals surface area (Å²) >= 11 is 6.14. The highest BCUT2D eigenvalue weighted by Gasteiger charge is 2.17. The van der Waals surface area contributed by atoms with E-state index >= 15 is 0 Å². The average Bonchev–Trinajstić information content (AvgIpc) is 2.52. The summed E-state index contributed by atoms with van der Waals surface area (Å²) < 4.78 is 0. The molecule has 120 valence electrons. The molecule has 0 aliphatic carbocycles. The van der Waals surface area contributed by atoms with Gasteiger partial charge in [-0.25, -0.2) is 0 Å². The molecular formula is C16H16ClN3O3. The van der Waals surface area contributed by atoms with Gasteiger partial charge in [0.25, 0.3) is 5.69 Å². The Bertz CT molecular complexity index is 749. The molecule has 0 saturated heterocycles. The van der Waals surface area contributed by atoms with Gasteiger partial charge < -0.3 is 11.1 Å². The number of hydrogen-bond acceptors (Lipinski definition) is 4. The number of nitro benzene ring substituents is 1. The van der Waals surface area contributed by atoms with Crippen LogP contribution in [0.3, 0.4) is 0 Å². The van der Waals surface area contributed by atoms with Crippen LogP contribution in [0.5, 0.6) is 0 Å².